The van der Waals surface area contributed by atoms with Gasteiger partial charge in [0, 0.05) is 5.92 Å². The van der Waals surface area contributed by atoms with Crippen LogP contribution in [0.3, 0.4) is 0 Å². The van der Waals surface area contributed by atoms with E-state index in [1.54, 1.807) is 0 Å². The molecule has 1 aliphatic carbocycles. The van der Waals surface area contributed by atoms with Crippen LogP contribution in [0.15, 0.2) is 6.20 Å². The summed E-state index contributed by atoms with van der Waals surface area (Å²) in [5, 5.41) is 8.70. The van der Waals surface area contributed by atoms with Gasteiger partial charge in [0.05, 0.1) is 11.9 Å². The zero-order valence-corrected chi connectivity index (χ0v) is 7.20. The maximum Gasteiger partial charge on any atom is 0.167 e. The molecule has 2 N–H and O–H groups in total. The molecule has 1 saturated carbocycles. The molecule has 1 aliphatic rings. The number of rotatable bonds is 1. The average Bonchev–Trinajstić information content (AvgIpc) is 2.05. The van der Waals surface area contributed by atoms with E-state index in [2.05, 4.69) is 9.97 Å². The predicted octanol–water partition coefficient (Wildman–Crippen LogP) is 1.20. The number of aromatic nitrogens is 2. The topological polar surface area (TPSA) is 75.6 Å². The number of nitrogen functional groups attached to an aromatic ring is 1. The molecule has 1 heterocycles. The highest BCUT2D eigenvalue weighted by Crippen LogP contribution is 2.34. The summed E-state index contributed by atoms with van der Waals surface area (Å²) in [6, 6.07) is 1.96. The lowest BCUT2D eigenvalue weighted by atomic mass is 9.85. The van der Waals surface area contributed by atoms with E-state index in [9.17, 15) is 0 Å². The summed E-state index contributed by atoms with van der Waals surface area (Å²) < 4.78 is 0. The van der Waals surface area contributed by atoms with Gasteiger partial charge in [-0.05, 0) is 12.8 Å². The van der Waals surface area contributed by atoms with Gasteiger partial charge in [0.25, 0.3) is 0 Å². The third-order valence-electron chi connectivity index (χ3n) is 2.41. The molecular formula is C9H10N4. The minimum Gasteiger partial charge on any atom is -0.395 e. The van der Waals surface area contributed by atoms with Crippen molar-refractivity contribution in [2.75, 3.05) is 5.73 Å². The quantitative estimate of drug-likeness (QED) is 0.694. The molecule has 4 heteroatoms. The van der Waals surface area contributed by atoms with Gasteiger partial charge in [0.1, 0.15) is 11.9 Å². The third-order valence-corrected chi connectivity index (χ3v) is 2.41. The van der Waals surface area contributed by atoms with E-state index in [0.717, 1.165) is 18.7 Å². The van der Waals surface area contributed by atoms with Crippen LogP contribution in [-0.4, -0.2) is 9.97 Å². The maximum absolute atomic E-state index is 8.70. The molecular weight excluding hydrogens is 164 g/mol. The van der Waals surface area contributed by atoms with Gasteiger partial charge in [-0.3, -0.25) is 0 Å². The fraction of sp³-hybridized carbons (Fsp3) is 0.444. The lowest BCUT2D eigenvalue weighted by molar-refractivity contribution is 0.401. The molecule has 0 amide bonds. The van der Waals surface area contributed by atoms with Crippen LogP contribution < -0.4 is 5.73 Å². The average molecular weight is 174 g/mol. The first-order valence-corrected chi connectivity index (χ1v) is 4.34. The Balaban J connectivity index is 2.33. The molecule has 0 aromatic carbocycles. The molecule has 1 fully saturated rings. The second kappa shape index (κ2) is 3.02. The van der Waals surface area contributed by atoms with Crippen LogP contribution in [0.2, 0.25) is 0 Å². The molecule has 2 rings (SSSR count). The first-order chi connectivity index (χ1) is 6.31. The maximum atomic E-state index is 8.70. The third kappa shape index (κ3) is 1.33. The summed E-state index contributed by atoms with van der Waals surface area (Å²) in [4.78, 5) is 8.24. The van der Waals surface area contributed by atoms with Crippen LogP contribution >= 0.6 is 0 Å². The summed E-state index contributed by atoms with van der Waals surface area (Å²) >= 11 is 0. The fourth-order valence-electron chi connectivity index (χ4n) is 1.36. The van der Waals surface area contributed by atoms with E-state index >= 15 is 0 Å². The molecule has 0 bridgehead atoms. The van der Waals surface area contributed by atoms with Crippen molar-refractivity contribution in [1.29, 1.82) is 5.26 Å². The van der Waals surface area contributed by atoms with E-state index in [1.165, 1.54) is 12.6 Å². The van der Waals surface area contributed by atoms with Gasteiger partial charge in [-0.15, -0.1) is 0 Å². The standard InChI is InChI=1S/C9H10N4/c10-4-8-7(11)5-12-9(13-8)6-2-1-3-6/h5-6H,1-3,11H2. The Kier molecular flexibility index (Phi) is 1.85. The Morgan fingerprint density at radius 2 is 2.31 bits per heavy atom. The summed E-state index contributed by atoms with van der Waals surface area (Å²) in [7, 11) is 0. The van der Waals surface area contributed by atoms with E-state index in [-0.39, 0.29) is 0 Å². The number of hydrogen-bond donors (Lipinski definition) is 1. The van der Waals surface area contributed by atoms with Gasteiger partial charge in [0.2, 0.25) is 0 Å². The number of nitrogens with two attached hydrogens (primary N) is 1. The van der Waals surface area contributed by atoms with Crippen molar-refractivity contribution in [2.45, 2.75) is 25.2 Å². The lowest BCUT2D eigenvalue weighted by Gasteiger charge is -2.23. The second-order valence-electron chi connectivity index (χ2n) is 3.27. The minimum absolute atomic E-state index is 0.303. The van der Waals surface area contributed by atoms with Crippen molar-refractivity contribution >= 4 is 5.69 Å². The molecule has 0 saturated heterocycles. The van der Waals surface area contributed by atoms with Crippen molar-refractivity contribution in [1.82, 2.24) is 9.97 Å². The Labute approximate surface area is 76.4 Å². The Morgan fingerprint density at radius 1 is 1.54 bits per heavy atom. The van der Waals surface area contributed by atoms with Crippen LogP contribution in [0.4, 0.5) is 5.69 Å². The number of hydrogen-bond acceptors (Lipinski definition) is 4. The van der Waals surface area contributed by atoms with Gasteiger partial charge >= 0.3 is 0 Å². The smallest absolute Gasteiger partial charge is 0.167 e. The van der Waals surface area contributed by atoms with Crippen LogP contribution in [-0.2, 0) is 0 Å². The van der Waals surface area contributed by atoms with E-state index in [1.807, 2.05) is 6.07 Å². The largest absolute Gasteiger partial charge is 0.395 e. The molecule has 0 atom stereocenters. The molecule has 0 radical (unpaired) electrons. The number of nitrogens with zero attached hydrogens (tertiary/aromatic N) is 3. The number of anilines is 1. The summed E-state index contributed by atoms with van der Waals surface area (Å²) in [5.41, 5.74) is 6.18. The Bertz CT molecular complexity index is 362. The minimum atomic E-state index is 0.303. The molecule has 13 heavy (non-hydrogen) atoms. The fourth-order valence-corrected chi connectivity index (χ4v) is 1.36. The predicted molar refractivity (Wildman–Crippen MR) is 47.8 cm³/mol. The zero-order valence-electron chi connectivity index (χ0n) is 7.20. The van der Waals surface area contributed by atoms with Gasteiger partial charge in [-0.1, -0.05) is 6.42 Å². The van der Waals surface area contributed by atoms with E-state index < -0.39 is 0 Å². The van der Waals surface area contributed by atoms with E-state index in [0.29, 0.717) is 17.3 Å². The molecule has 0 unspecified atom stereocenters. The first kappa shape index (κ1) is 7.99. The van der Waals surface area contributed by atoms with Crippen molar-refractivity contribution in [3.63, 3.8) is 0 Å². The highest BCUT2D eigenvalue weighted by Gasteiger charge is 2.22. The molecule has 0 spiro atoms. The van der Waals surface area contributed by atoms with Gasteiger partial charge in [-0.2, -0.15) is 5.26 Å². The Hall–Kier alpha value is -1.63. The first-order valence-electron chi connectivity index (χ1n) is 4.34. The highest BCUT2D eigenvalue weighted by atomic mass is 14.9. The lowest BCUT2D eigenvalue weighted by Crippen LogP contribution is -2.13. The van der Waals surface area contributed by atoms with Crippen LogP contribution in [0, 0.1) is 11.3 Å². The molecule has 1 aromatic rings. The monoisotopic (exact) mass is 174 g/mol. The molecule has 0 aliphatic heterocycles. The molecule has 4 nitrogen and oxygen atoms in total. The van der Waals surface area contributed by atoms with Gasteiger partial charge in [0.15, 0.2) is 5.69 Å². The van der Waals surface area contributed by atoms with Crippen LogP contribution in [0.25, 0.3) is 0 Å². The molecule has 66 valence electrons. The summed E-state index contributed by atoms with van der Waals surface area (Å²) in [6.45, 7) is 0. The second-order valence-corrected chi connectivity index (χ2v) is 3.27. The SMILES string of the molecule is N#Cc1nc(C2CCC2)ncc1N. The molecule has 1 aromatic heterocycles. The highest BCUT2D eigenvalue weighted by molar-refractivity contribution is 5.47. The number of nitriles is 1. The van der Waals surface area contributed by atoms with Gasteiger partial charge < -0.3 is 5.73 Å². The van der Waals surface area contributed by atoms with E-state index in [4.69, 9.17) is 11.0 Å². The van der Waals surface area contributed by atoms with Crippen LogP contribution in [0.5, 0.6) is 0 Å². The summed E-state index contributed by atoms with van der Waals surface area (Å²) in [6.07, 6.45) is 5.03. The van der Waals surface area contributed by atoms with Crippen LogP contribution in [0.1, 0.15) is 36.7 Å². The zero-order chi connectivity index (χ0) is 9.26. The van der Waals surface area contributed by atoms with Crippen molar-refractivity contribution in [2.24, 2.45) is 0 Å². The normalized spacial score (nSPS) is 16.2. The van der Waals surface area contributed by atoms with Gasteiger partial charge in [-0.25, -0.2) is 9.97 Å². The summed E-state index contributed by atoms with van der Waals surface area (Å²) in [5.74, 6) is 1.23. The van der Waals surface area contributed by atoms with Crippen molar-refractivity contribution in [3.05, 3.63) is 17.7 Å². The Morgan fingerprint density at radius 3 is 2.85 bits per heavy atom. The van der Waals surface area contributed by atoms with Crippen molar-refractivity contribution in [3.8, 4) is 6.07 Å². The van der Waals surface area contributed by atoms with Crippen molar-refractivity contribution < 1.29 is 0 Å².